The van der Waals surface area contributed by atoms with Gasteiger partial charge in [0.1, 0.15) is 12.7 Å². The molecule has 28 heavy (non-hydrogen) atoms. The number of ether oxygens (including phenoxy) is 2. The predicted octanol–water partition coefficient (Wildman–Crippen LogP) is 5.00. The normalized spacial score (nSPS) is 19.3. The third-order valence-corrected chi connectivity index (χ3v) is 8.32. The van der Waals surface area contributed by atoms with Crippen molar-refractivity contribution in [1.82, 2.24) is 5.06 Å². The number of benzene rings is 1. The highest BCUT2D eigenvalue weighted by molar-refractivity contribution is 14.1. The molecule has 0 aliphatic carbocycles. The van der Waals surface area contributed by atoms with Crippen LogP contribution in [-0.2, 0) is 14.3 Å². The van der Waals surface area contributed by atoms with Crippen LogP contribution >= 0.6 is 67.8 Å². The van der Waals surface area contributed by atoms with E-state index in [-0.39, 0.29) is 19.1 Å². The van der Waals surface area contributed by atoms with Crippen LogP contribution in [0.5, 0.6) is 0 Å². The Morgan fingerprint density at radius 2 is 1.71 bits per heavy atom. The van der Waals surface area contributed by atoms with Crippen molar-refractivity contribution in [2.75, 3.05) is 6.61 Å². The maximum atomic E-state index is 12.3. The summed E-state index contributed by atoms with van der Waals surface area (Å²) in [6.45, 7) is 7.64. The monoisotopic (exact) mass is 727 g/mol. The van der Waals surface area contributed by atoms with Gasteiger partial charge in [-0.3, -0.25) is 4.79 Å². The standard InChI is InChI=1S/C19H24I3NO5/c1-18(2)9-12(10-19(3,4)23(18)26)28-15(24)5-6-27-17(25)13-7-11(20)8-14(21)16(13)22/h7-8,12,26H,5-6,9-10H2,1-4H3. The molecule has 0 saturated carbocycles. The van der Waals surface area contributed by atoms with Crippen molar-refractivity contribution in [3.63, 3.8) is 0 Å². The van der Waals surface area contributed by atoms with Crippen LogP contribution in [0.2, 0.25) is 0 Å². The minimum atomic E-state index is -0.489. The number of nitrogens with zero attached hydrogens (tertiary/aromatic N) is 1. The molecule has 1 aromatic carbocycles. The summed E-state index contributed by atoms with van der Waals surface area (Å²) in [5, 5.41) is 11.7. The van der Waals surface area contributed by atoms with Crippen LogP contribution in [-0.4, -0.2) is 46.0 Å². The first-order valence-corrected chi connectivity index (χ1v) is 12.1. The fraction of sp³-hybridized carbons (Fsp3) is 0.579. The number of hydroxylamine groups is 2. The van der Waals surface area contributed by atoms with E-state index in [1.807, 2.05) is 33.8 Å². The van der Waals surface area contributed by atoms with E-state index < -0.39 is 23.0 Å². The summed E-state index contributed by atoms with van der Waals surface area (Å²) < 4.78 is 13.6. The van der Waals surface area contributed by atoms with Gasteiger partial charge in [-0.1, -0.05) is 0 Å². The fourth-order valence-electron chi connectivity index (χ4n) is 3.52. The lowest BCUT2D eigenvalue weighted by Gasteiger charge is -2.50. The first-order valence-electron chi connectivity index (χ1n) is 8.84. The van der Waals surface area contributed by atoms with Crippen LogP contribution in [0, 0.1) is 10.7 Å². The van der Waals surface area contributed by atoms with Crippen LogP contribution in [0.1, 0.15) is 57.3 Å². The maximum absolute atomic E-state index is 12.3. The second kappa shape index (κ2) is 9.60. The van der Waals surface area contributed by atoms with Gasteiger partial charge in [0, 0.05) is 34.6 Å². The molecule has 0 radical (unpaired) electrons. The summed E-state index contributed by atoms with van der Waals surface area (Å²) in [4.78, 5) is 24.5. The molecule has 1 N–H and O–H groups in total. The van der Waals surface area contributed by atoms with E-state index in [4.69, 9.17) is 9.47 Å². The molecule has 1 saturated heterocycles. The second-order valence-corrected chi connectivity index (χ2v) is 11.6. The van der Waals surface area contributed by atoms with Crippen LogP contribution in [0.25, 0.3) is 0 Å². The van der Waals surface area contributed by atoms with Crippen molar-refractivity contribution in [1.29, 1.82) is 0 Å². The Balaban J connectivity index is 1.87. The summed E-state index contributed by atoms with van der Waals surface area (Å²) in [6, 6.07) is 3.76. The van der Waals surface area contributed by atoms with Gasteiger partial charge >= 0.3 is 11.9 Å². The van der Waals surface area contributed by atoms with E-state index in [1.54, 1.807) is 6.07 Å². The van der Waals surface area contributed by atoms with Gasteiger partial charge in [0.25, 0.3) is 0 Å². The average Bonchev–Trinajstić information content (AvgIpc) is 2.55. The number of esters is 2. The Bertz CT molecular complexity index is 748. The highest BCUT2D eigenvalue weighted by atomic mass is 127. The van der Waals surface area contributed by atoms with Crippen molar-refractivity contribution < 1.29 is 24.3 Å². The Labute approximate surface area is 206 Å². The Morgan fingerprint density at radius 1 is 1.14 bits per heavy atom. The maximum Gasteiger partial charge on any atom is 0.339 e. The topological polar surface area (TPSA) is 76.1 Å². The van der Waals surface area contributed by atoms with Crippen LogP contribution in [0.3, 0.4) is 0 Å². The van der Waals surface area contributed by atoms with Crippen molar-refractivity contribution in [3.05, 3.63) is 28.4 Å². The van der Waals surface area contributed by atoms with Gasteiger partial charge in [0.05, 0.1) is 12.0 Å². The third kappa shape index (κ3) is 6.14. The summed E-state index contributed by atoms with van der Waals surface area (Å²) in [7, 11) is 0. The number of carbonyl (C=O) groups excluding carboxylic acids is 2. The zero-order chi connectivity index (χ0) is 21.3. The summed E-state index contributed by atoms with van der Waals surface area (Å²) in [5.41, 5.74) is -0.474. The molecule has 156 valence electrons. The largest absolute Gasteiger partial charge is 0.462 e. The molecule has 1 fully saturated rings. The number of piperidine rings is 1. The van der Waals surface area contributed by atoms with E-state index in [2.05, 4.69) is 67.8 Å². The van der Waals surface area contributed by atoms with Crippen molar-refractivity contribution in [3.8, 4) is 0 Å². The number of hydrogen-bond acceptors (Lipinski definition) is 6. The first-order chi connectivity index (χ1) is 12.8. The van der Waals surface area contributed by atoms with Crippen LogP contribution in [0.4, 0.5) is 0 Å². The number of carbonyl (C=O) groups is 2. The van der Waals surface area contributed by atoms with Crippen LogP contribution < -0.4 is 0 Å². The molecule has 1 heterocycles. The molecular formula is C19H24I3NO5. The van der Waals surface area contributed by atoms with E-state index in [1.165, 1.54) is 5.06 Å². The van der Waals surface area contributed by atoms with E-state index >= 15 is 0 Å². The van der Waals surface area contributed by atoms with Gasteiger partial charge in [-0.15, -0.1) is 0 Å². The second-order valence-electron chi connectivity index (χ2n) is 8.09. The molecule has 0 atom stereocenters. The highest BCUT2D eigenvalue weighted by Crippen LogP contribution is 2.38. The third-order valence-electron chi connectivity index (χ3n) is 4.65. The molecule has 0 bridgehead atoms. The molecule has 0 amide bonds. The molecule has 1 aliphatic rings. The summed E-state index contributed by atoms with van der Waals surface area (Å²) in [6.07, 6.45) is 0.799. The van der Waals surface area contributed by atoms with Crippen LogP contribution in [0.15, 0.2) is 12.1 Å². The van der Waals surface area contributed by atoms with Crippen molar-refractivity contribution in [2.45, 2.75) is 64.1 Å². The zero-order valence-electron chi connectivity index (χ0n) is 16.2. The van der Waals surface area contributed by atoms with E-state index in [9.17, 15) is 14.8 Å². The van der Waals surface area contributed by atoms with Gasteiger partial charge in [-0.2, -0.15) is 5.06 Å². The molecule has 0 unspecified atom stereocenters. The molecule has 6 nitrogen and oxygen atoms in total. The lowest BCUT2D eigenvalue weighted by atomic mass is 9.80. The number of hydrogen-bond donors (Lipinski definition) is 1. The summed E-state index contributed by atoms with van der Waals surface area (Å²) >= 11 is 6.45. The lowest BCUT2D eigenvalue weighted by molar-refractivity contribution is -0.259. The molecule has 9 heteroatoms. The molecule has 1 aliphatic heterocycles. The van der Waals surface area contributed by atoms with Crippen molar-refractivity contribution >= 4 is 79.7 Å². The van der Waals surface area contributed by atoms with Gasteiger partial charge in [-0.05, 0) is 108 Å². The Morgan fingerprint density at radius 3 is 2.29 bits per heavy atom. The predicted molar refractivity (Wildman–Crippen MR) is 130 cm³/mol. The fourth-order valence-corrected chi connectivity index (χ4v) is 5.89. The smallest absolute Gasteiger partial charge is 0.339 e. The highest BCUT2D eigenvalue weighted by Gasteiger charge is 2.46. The zero-order valence-corrected chi connectivity index (χ0v) is 22.7. The van der Waals surface area contributed by atoms with Crippen molar-refractivity contribution in [2.24, 2.45) is 0 Å². The minimum absolute atomic E-state index is 0.00351. The van der Waals surface area contributed by atoms with Gasteiger partial charge in [0.2, 0.25) is 0 Å². The molecular weight excluding hydrogens is 703 g/mol. The Kier molecular flexibility index (Phi) is 8.42. The molecule has 0 spiro atoms. The van der Waals surface area contributed by atoms with Gasteiger partial charge in [-0.25, -0.2) is 4.79 Å². The number of halogens is 3. The molecule has 0 aromatic heterocycles. The quantitative estimate of drug-likeness (QED) is 0.262. The van der Waals surface area contributed by atoms with Gasteiger partial charge in [0.15, 0.2) is 0 Å². The SMILES string of the molecule is CC1(C)CC(OC(=O)CCOC(=O)c2cc(I)cc(I)c2I)CC(C)(C)N1O. The Hall–Kier alpha value is 0.270. The van der Waals surface area contributed by atoms with E-state index in [0.29, 0.717) is 18.4 Å². The average molecular weight is 727 g/mol. The first kappa shape index (κ1) is 24.5. The minimum Gasteiger partial charge on any atom is -0.462 e. The van der Waals surface area contributed by atoms with E-state index in [0.717, 1.165) is 10.7 Å². The van der Waals surface area contributed by atoms with Gasteiger partial charge < -0.3 is 14.7 Å². The molecule has 2 rings (SSSR count). The number of rotatable bonds is 5. The summed E-state index contributed by atoms with van der Waals surface area (Å²) in [5.74, 6) is -0.841. The lowest BCUT2D eigenvalue weighted by Crippen LogP contribution is -2.60. The molecule has 1 aromatic rings.